The van der Waals surface area contributed by atoms with E-state index in [1.165, 1.54) is 0 Å². The lowest BCUT2D eigenvalue weighted by atomic mass is 10.1. The molecule has 116 valence electrons. The van der Waals surface area contributed by atoms with Gasteiger partial charge in [-0.15, -0.1) is 0 Å². The maximum atomic E-state index is 11.9. The van der Waals surface area contributed by atoms with Crippen LogP contribution < -0.4 is 10.1 Å². The minimum atomic E-state index is -0.127. The summed E-state index contributed by atoms with van der Waals surface area (Å²) in [5.74, 6) is 0.360. The van der Waals surface area contributed by atoms with Crippen molar-refractivity contribution in [1.82, 2.24) is 15.3 Å². The van der Waals surface area contributed by atoms with Gasteiger partial charge < -0.3 is 14.8 Å². The number of nitrogens with one attached hydrogen (secondary N) is 1. The predicted octanol–water partition coefficient (Wildman–Crippen LogP) is 1.92. The molecule has 0 unspecified atom stereocenters. The summed E-state index contributed by atoms with van der Waals surface area (Å²) in [6.45, 7) is 3.41. The number of ether oxygens (including phenoxy) is 2. The number of hydrogen-bond donors (Lipinski definition) is 1. The van der Waals surface area contributed by atoms with E-state index < -0.39 is 0 Å². The van der Waals surface area contributed by atoms with Gasteiger partial charge >= 0.3 is 0 Å². The van der Waals surface area contributed by atoms with E-state index in [-0.39, 0.29) is 5.91 Å². The monoisotopic (exact) mass is 301 g/mol. The van der Waals surface area contributed by atoms with E-state index in [1.54, 1.807) is 31.6 Å². The van der Waals surface area contributed by atoms with Crippen molar-refractivity contribution in [2.24, 2.45) is 0 Å². The summed E-state index contributed by atoms with van der Waals surface area (Å²) in [6, 6.07) is 7.19. The lowest BCUT2D eigenvalue weighted by molar-refractivity contribution is 0.0937. The molecule has 0 saturated carbocycles. The zero-order chi connectivity index (χ0) is 15.8. The minimum Gasteiger partial charge on any atom is -0.477 e. The largest absolute Gasteiger partial charge is 0.477 e. The zero-order valence-electron chi connectivity index (χ0n) is 12.7. The first kappa shape index (κ1) is 15.9. The number of rotatable bonds is 7. The number of amides is 1. The molecule has 6 nitrogen and oxygen atoms in total. The van der Waals surface area contributed by atoms with Crippen molar-refractivity contribution in [1.29, 1.82) is 0 Å². The van der Waals surface area contributed by atoms with Crippen LogP contribution in [-0.4, -0.2) is 42.7 Å². The first-order valence-corrected chi connectivity index (χ1v) is 7.07. The number of aromatic nitrogens is 2. The molecule has 0 aliphatic rings. The van der Waals surface area contributed by atoms with Gasteiger partial charge in [-0.1, -0.05) is 12.1 Å². The van der Waals surface area contributed by atoms with Crippen LogP contribution in [0.3, 0.4) is 0 Å². The van der Waals surface area contributed by atoms with Gasteiger partial charge in [0, 0.05) is 24.8 Å². The Hall–Kier alpha value is -2.47. The topological polar surface area (TPSA) is 73.3 Å². The van der Waals surface area contributed by atoms with Crippen LogP contribution in [0, 0.1) is 0 Å². The van der Waals surface area contributed by atoms with Crippen LogP contribution in [-0.2, 0) is 4.74 Å². The highest BCUT2D eigenvalue weighted by atomic mass is 16.5. The summed E-state index contributed by atoms with van der Waals surface area (Å²) in [5, 5.41) is 2.77. The van der Waals surface area contributed by atoms with Gasteiger partial charge in [0.1, 0.15) is 0 Å². The molecule has 1 aromatic heterocycles. The molecular formula is C16H19N3O3. The SMILES string of the molecule is CCOc1cncc(-c2ccc(C(=O)NCCOC)cc2)n1. The average molecular weight is 301 g/mol. The molecule has 22 heavy (non-hydrogen) atoms. The Morgan fingerprint density at radius 1 is 1.23 bits per heavy atom. The van der Waals surface area contributed by atoms with E-state index in [2.05, 4.69) is 15.3 Å². The van der Waals surface area contributed by atoms with Crippen LogP contribution >= 0.6 is 0 Å². The second-order valence-electron chi connectivity index (χ2n) is 4.50. The number of benzene rings is 1. The number of methoxy groups -OCH3 is 1. The van der Waals surface area contributed by atoms with E-state index in [9.17, 15) is 4.79 Å². The summed E-state index contributed by atoms with van der Waals surface area (Å²) in [6.07, 6.45) is 3.24. The normalized spacial score (nSPS) is 10.3. The van der Waals surface area contributed by atoms with Gasteiger partial charge in [-0.3, -0.25) is 9.78 Å². The Morgan fingerprint density at radius 2 is 2.00 bits per heavy atom. The maximum Gasteiger partial charge on any atom is 0.251 e. The molecule has 0 fully saturated rings. The van der Waals surface area contributed by atoms with E-state index in [0.717, 1.165) is 5.56 Å². The number of hydrogen-bond acceptors (Lipinski definition) is 5. The molecule has 0 spiro atoms. The molecule has 1 N–H and O–H groups in total. The Balaban J connectivity index is 2.08. The fourth-order valence-electron chi connectivity index (χ4n) is 1.87. The second kappa shape index (κ2) is 8.09. The Kier molecular flexibility index (Phi) is 5.85. The van der Waals surface area contributed by atoms with Crippen molar-refractivity contribution < 1.29 is 14.3 Å². The smallest absolute Gasteiger partial charge is 0.251 e. The van der Waals surface area contributed by atoms with E-state index in [0.29, 0.717) is 36.9 Å². The predicted molar refractivity (Wildman–Crippen MR) is 82.8 cm³/mol. The number of carbonyl (C=O) groups is 1. The lowest BCUT2D eigenvalue weighted by Crippen LogP contribution is -2.26. The third-order valence-corrected chi connectivity index (χ3v) is 2.94. The van der Waals surface area contributed by atoms with Crippen LogP contribution in [0.4, 0.5) is 0 Å². The number of nitrogens with zero attached hydrogens (tertiary/aromatic N) is 2. The lowest BCUT2D eigenvalue weighted by Gasteiger charge is -2.07. The van der Waals surface area contributed by atoms with E-state index in [4.69, 9.17) is 9.47 Å². The molecule has 0 radical (unpaired) electrons. The quantitative estimate of drug-likeness (QED) is 0.791. The summed E-state index contributed by atoms with van der Waals surface area (Å²) in [7, 11) is 1.60. The highest BCUT2D eigenvalue weighted by Gasteiger charge is 2.07. The molecule has 1 heterocycles. The van der Waals surface area contributed by atoms with Crippen molar-refractivity contribution in [2.75, 3.05) is 26.9 Å². The van der Waals surface area contributed by atoms with Crippen molar-refractivity contribution in [3.8, 4) is 17.1 Å². The summed E-state index contributed by atoms with van der Waals surface area (Å²) >= 11 is 0. The third kappa shape index (κ3) is 4.26. The fraction of sp³-hybridized carbons (Fsp3) is 0.312. The van der Waals surface area contributed by atoms with E-state index >= 15 is 0 Å². The van der Waals surface area contributed by atoms with Gasteiger partial charge in [0.2, 0.25) is 5.88 Å². The average Bonchev–Trinajstić information content (AvgIpc) is 2.56. The molecule has 0 bridgehead atoms. The van der Waals surface area contributed by atoms with Gasteiger partial charge in [0.05, 0.1) is 31.3 Å². The highest BCUT2D eigenvalue weighted by Crippen LogP contribution is 2.19. The molecule has 6 heteroatoms. The fourth-order valence-corrected chi connectivity index (χ4v) is 1.87. The third-order valence-electron chi connectivity index (χ3n) is 2.94. The van der Waals surface area contributed by atoms with Crippen LogP contribution in [0.15, 0.2) is 36.7 Å². The van der Waals surface area contributed by atoms with E-state index in [1.807, 2.05) is 19.1 Å². The van der Waals surface area contributed by atoms with Crippen LogP contribution in [0.1, 0.15) is 17.3 Å². The molecule has 1 aromatic carbocycles. The molecule has 0 aliphatic carbocycles. The second-order valence-corrected chi connectivity index (χ2v) is 4.50. The standard InChI is InChI=1S/C16H19N3O3/c1-3-22-15-11-17-10-14(19-15)12-4-6-13(7-5-12)16(20)18-8-9-21-2/h4-7,10-11H,3,8-9H2,1-2H3,(H,18,20). The zero-order valence-corrected chi connectivity index (χ0v) is 12.7. The van der Waals surface area contributed by atoms with Gasteiger partial charge in [0.25, 0.3) is 5.91 Å². The molecule has 1 amide bonds. The Bertz CT molecular complexity index is 614. The maximum absolute atomic E-state index is 11.9. The Morgan fingerprint density at radius 3 is 2.68 bits per heavy atom. The van der Waals surface area contributed by atoms with Gasteiger partial charge in [-0.25, -0.2) is 4.98 Å². The van der Waals surface area contributed by atoms with Crippen LogP contribution in [0.5, 0.6) is 5.88 Å². The first-order chi connectivity index (χ1) is 10.7. The molecule has 0 atom stereocenters. The molecule has 2 rings (SSSR count). The minimum absolute atomic E-state index is 0.127. The van der Waals surface area contributed by atoms with Crippen LogP contribution in [0.2, 0.25) is 0 Å². The molecule has 0 aliphatic heterocycles. The molecule has 2 aromatic rings. The van der Waals surface area contributed by atoms with Crippen molar-refractivity contribution in [2.45, 2.75) is 6.92 Å². The first-order valence-electron chi connectivity index (χ1n) is 7.07. The van der Waals surface area contributed by atoms with Crippen molar-refractivity contribution in [3.63, 3.8) is 0 Å². The van der Waals surface area contributed by atoms with Crippen molar-refractivity contribution >= 4 is 5.91 Å². The van der Waals surface area contributed by atoms with Gasteiger partial charge in [-0.2, -0.15) is 0 Å². The Labute approximate surface area is 129 Å². The molecular weight excluding hydrogens is 282 g/mol. The number of carbonyl (C=O) groups excluding carboxylic acids is 1. The summed E-state index contributed by atoms with van der Waals surface area (Å²) in [4.78, 5) is 20.4. The van der Waals surface area contributed by atoms with Gasteiger partial charge in [-0.05, 0) is 19.1 Å². The van der Waals surface area contributed by atoms with Crippen LogP contribution in [0.25, 0.3) is 11.3 Å². The summed E-state index contributed by atoms with van der Waals surface area (Å²) < 4.78 is 10.2. The molecule has 0 saturated heterocycles. The summed E-state index contributed by atoms with van der Waals surface area (Å²) in [5.41, 5.74) is 2.17. The van der Waals surface area contributed by atoms with Crippen molar-refractivity contribution in [3.05, 3.63) is 42.2 Å². The highest BCUT2D eigenvalue weighted by molar-refractivity contribution is 5.94. The van der Waals surface area contributed by atoms with Gasteiger partial charge in [0.15, 0.2) is 0 Å².